The highest BCUT2D eigenvalue weighted by molar-refractivity contribution is 5.85. The van der Waals surface area contributed by atoms with E-state index in [9.17, 15) is 9.59 Å². The van der Waals surface area contributed by atoms with E-state index in [0.717, 1.165) is 0 Å². The Morgan fingerprint density at radius 3 is 2.43 bits per heavy atom. The van der Waals surface area contributed by atoms with E-state index in [2.05, 4.69) is 16.0 Å². The molecule has 0 heterocycles. The Hall–Kier alpha value is -1.50. The molecule has 0 radical (unpaired) electrons. The van der Waals surface area contributed by atoms with Crippen LogP contribution in [0.5, 0.6) is 0 Å². The van der Waals surface area contributed by atoms with E-state index in [4.69, 9.17) is 6.42 Å². The lowest BCUT2D eigenvalue weighted by Crippen LogP contribution is -2.44. The lowest BCUT2D eigenvalue weighted by atomic mass is 10.0. The molecule has 0 bridgehead atoms. The highest BCUT2D eigenvalue weighted by atomic mass is 16.5. The van der Waals surface area contributed by atoms with Gasteiger partial charge in [-0.1, -0.05) is 19.8 Å². The summed E-state index contributed by atoms with van der Waals surface area (Å²) >= 11 is 0. The number of esters is 1. The Balaban J connectivity index is 4.32. The number of terminal acetylenes is 1. The molecule has 0 aromatic heterocycles. The summed E-state index contributed by atoms with van der Waals surface area (Å²) in [7, 11) is 1.28. The Morgan fingerprint density at radius 1 is 1.50 bits per heavy atom. The van der Waals surface area contributed by atoms with Gasteiger partial charge in [0.1, 0.15) is 6.04 Å². The first kappa shape index (κ1) is 12.5. The summed E-state index contributed by atoms with van der Waals surface area (Å²) < 4.78 is 4.55. The molecule has 1 N–H and O–H groups in total. The van der Waals surface area contributed by atoms with Gasteiger partial charge in [-0.2, -0.15) is 0 Å². The number of nitrogens with one attached hydrogen (secondary N) is 1. The van der Waals surface area contributed by atoms with E-state index in [1.807, 2.05) is 13.8 Å². The van der Waals surface area contributed by atoms with Crippen molar-refractivity contribution >= 4 is 11.9 Å². The lowest BCUT2D eigenvalue weighted by Gasteiger charge is -2.19. The van der Waals surface area contributed by atoms with Gasteiger partial charge in [0.25, 0.3) is 0 Å². The van der Waals surface area contributed by atoms with E-state index >= 15 is 0 Å². The topological polar surface area (TPSA) is 55.4 Å². The molecule has 0 aromatic rings. The number of rotatable bonds is 4. The smallest absolute Gasteiger partial charge is 0.328 e. The van der Waals surface area contributed by atoms with Crippen LogP contribution in [0.4, 0.5) is 0 Å². The van der Waals surface area contributed by atoms with E-state index in [1.54, 1.807) is 0 Å². The third-order valence-electron chi connectivity index (χ3n) is 1.70. The minimum absolute atomic E-state index is 0.0239. The zero-order chi connectivity index (χ0) is 11.1. The molecule has 0 fully saturated rings. The first-order valence-corrected chi connectivity index (χ1v) is 4.33. The molecule has 0 rings (SSSR count). The molecule has 4 heteroatoms. The van der Waals surface area contributed by atoms with Gasteiger partial charge in [0.15, 0.2) is 0 Å². The molecule has 0 aliphatic rings. The minimum Gasteiger partial charge on any atom is -0.467 e. The molecule has 0 spiro atoms. The second-order valence-corrected chi connectivity index (χ2v) is 3.19. The molecule has 1 atom stereocenters. The predicted molar refractivity (Wildman–Crippen MR) is 52.2 cm³/mol. The Kier molecular flexibility index (Phi) is 5.38. The second kappa shape index (κ2) is 6.03. The lowest BCUT2D eigenvalue weighted by molar-refractivity contribution is -0.146. The van der Waals surface area contributed by atoms with Crippen LogP contribution in [0, 0.1) is 18.3 Å². The van der Waals surface area contributed by atoms with Gasteiger partial charge < -0.3 is 10.1 Å². The van der Waals surface area contributed by atoms with Crippen LogP contribution in [0.3, 0.4) is 0 Å². The standard InChI is InChI=1S/C10H15NO3/c1-5-6-8(12)11-9(7(2)3)10(13)14-4/h1,7,9H,6H2,2-4H3,(H,11,12). The quantitative estimate of drug-likeness (QED) is 0.521. The van der Waals surface area contributed by atoms with Crippen LogP contribution >= 0.6 is 0 Å². The summed E-state index contributed by atoms with van der Waals surface area (Å²) in [5.74, 6) is 1.39. The molecule has 0 aromatic carbocycles. The number of methoxy groups -OCH3 is 1. The predicted octanol–water partition coefficient (Wildman–Crippen LogP) is 0.323. The van der Waals surface area contributed by atoms with Gasteiger partial charge in [0, 0.05) is 0 Å². The largest absolute Gasteiger partial charge is 0.467 e. The van der Waals surface area contributed by atoms with Crippen LogP contribution < -0.4 is 5.32 Å². The average molecular weight is 197 g/mol. The van der Waals surface area contributed by atoms with Crippen molar-refractivity contribution in [2.45, 2.75) is 26.3 Å². The average Bonchev–Trinajstić information content (AvgIpc) is 2.13. The fourth-order valence-corrected chi connectivity index (χ4v) is 0.942. The van der Waals surface area contributed by atoms with Crippen molar-refractivity contribution < 1.29 is 14.3 Å². The summed E-state index contributed by atoms with van der Waals surface area (Å²) in [4.78, 5) is 22.3. The summed E-state index contributed by atoms with van der Waals surface area (Å²) in [6.45, 7) is 3.63. The number of carbonyl (C=O) groups is 2. The van der Waals surface area contributed by atoms with E-state index in [0.29, 0.717) is 0 Å². The maximum Gasteiger partial charge on any atom is 0.328 e. The number of ether oxygens (including phenoxy) is 1. The first-order chi connectivity index (χ1) is 6.52. The first-order valence-electron chi connectivity index (χ1n) is 4.33. The van der Waals surface area contributed by atoms with Crippen molar-refractivity contribution in [2.75, 3.05) is 7.11 Å². The fourth-order valence-electron chi connectivity index (χ4n) is 0.942. The Morgan fingerprint density at radius 2 is 2.07 bits per heavy atom. The zero-order valence-corrected chi connectivity index (χ0v) is 8.66. The molecule has 1 unspecified atom stereocenters. The van der Waals surface area contributed by atoms with Gasteiger partial charge >= 0.3 is 5.97 Å². The van der Waals surface area contributed by atoms with Crippen LogP contribution in [0.1, 0.15) is 20.3 Å². The van der Waals surface area contributed by atoms with E-state index < -0.39 is 12.0 Å². The maximum absolute atomic E-state index is 11.2. The molecule has 78 valence electrons. The highest BCUT2D eigenvalue weighted by Crippen LogP contribution is 2.03. The molecular weight excluding hydrogens is 182 g/mol. The van der Waals surface area contributed by atoms with Crippen molar-refractivity contribution in [3.8, 4) is 12.3 Å². The van der Waals surface area contributed by atoms with Crippen molar-refractivity contribution in [3.63, 3.8) is 0 Å². The van der Waals surface area contributed by atoms with Crippen LogP contribution in [0.15, 0.2) is 0 Å². The molecule has 14 heavy (non-hydrogen) atoms. The second-order valence-electron chi connectivity index (χ2n) is 3.19. The van der Waals surface area contributed by atoms with Crippen LogP contribution in [0.25, 0.3) is 0 Å². The van der Waals surface area contributed by atoms with Crippen molar-refractivity contribution in [1.82, 2.24) is 5.32 Å². The fraction of sp³-hybridized carbons (Fsp3) is 0.600. The number of hydrogen-bond acceptors (Lipinski definition) is 3. The molecule has 0 aliphatic heterocycles. The van der Waals surface area contributed by atoms with Crippen LogP contribution in [-0.2, 0) is 14.3 Å². The van der Waals surface area contributed by atoms with Gasteiger partial charge in [0.2, 0.25) is 5.91 Å². The SMILES string of the molecule is C#CCC(=O)NC(C(=O)OC)C(C)C. The van der Waals surface area contributed by atoms with Crippen molar-refractivity contribution in [2.24, 2.45) is 5.92 Å². The zero-order valence-electron chi connectivity index (χ0n) is 8.66. The molecule has 0 aliphatic carbocycles. The molecule has 0 saturated heterocycles. The van der Waals surface area contributed by atoms with Gasteiger partial charge in [-0.05, 0) is 5.92 Å². The Labute approximate surface area is 84.0 Å². The number of amides is 1. The molecule has 0 saturated carbocycles. The molecular formula is C10H15NO3. The maximum atomic E-state index is 11.2. The molecule has 4 nitrogen and oxygen atoms in total. The summed E-state index contributed by atoms with van der Waals surface area (Å²) in [6, 6.07) is -0.624. The van der Waals surface area contributed by atoms with Gasteiger partial charge in [-0.3, -0.25) is 4.79 Å². The van der Waals surface area contributed by atoms with Crippen molar-refractivity contribution in [3.05, 3.63) is 0 Å². The highest BCUT2D eigenvalue weighted by Gasteiger charge is 2.24. The summed E-state index contributed by atoms with van der Waals surface area (Å²) in [5, 5.41) is 2.51. The van der Waals surface area contributed by atoms with Gasteiger partial charge in [-0.15, -0.1) is 6.42 Å². The number of hydrogen-bond donors (Lipinski definition) is 1. The minimum atomic E-state index is -0.624. The number of carbonyl (C=O) groups excluding carboxylic acids is 2. The third kappa shape index (κ3) is 3.94. The van der Waals surface area contributed by atoms with E-state index in [1.165, 1.54) is 7.11 Å². The summed E-state index contributed by atoms with van der Waals surface area (Å²) in [6.07, 6.45) is 4.94. The van der Waals surface area contributed by atoms with Gasteiger partial charge in [-0.25, -0.2) is 4.79 Å². The van der Waals surface area contributed by atoms with Crippen LogP contribution in [0.2, 0.25) is 0 Å². The monoisotopic (exact) mass is 197 g/mol. The van der Waals surface area contributed by atoms with Crippen molar-refractivity contribution in [1.29, 1.82) is 0 Å². The summed E-state index contributed by atoms with van der Waals surface area (Å²) in [5.41, 5.74) is 0. The molecule has 1 amide bonds. The third-order valence-corrected chi connectivity index (χ3v) is 1.70. The van der Waals surface area contributed by atoms with E-state index in [-0.39, 0.29) is 18.2 Å². The van der Waals surface area contributed by atoms with Gasteiger partial charge in [0.05, 0.1) is 13.5 Å². The Bertz CT molecular complexity index is 253. The van der Waals surface area contributed by atoms with Crippen LogP contribution in [-0.4, -0.2) is 25.0 Å². The normalized spacial score (nSPS) is 11.6.